The quantitative estimate of drug-likeness (QED) is 0.608. The average molecular weight is 264 g/mol. The molecule has 1 saturated carbocycles. The van der Waals surface area contributed by atoms with Crippen LogP contribution < -0.4 is 5.32 Å². The van der Waals surface area contributed by atoms with E-state index in [-0.39, 0.29) is 17.3 Å². The van der Waals surface area contributed by atoms with Gasteiger partial charge >= 0.3 is 5.97 Å². The van der Waals surface area contributed by atoms with Crippen molar-refractivity contribution in [3.63, 3.8) is 0 Å². The Bertz CT molecular complexity index is 511. The lowest BCUT2D eigenvalue weighted by Gasteiger charge is -2.16. The fraction of sp³-hybridized carbons (Fsp3) is 0.462. The van der Waals surface area contributed by atoms with Gasteiger partial charge in [0, 0.05) is 18.2 Å². The van der Waals surface area contributed by atoms with Gasteiger partial charge in [-0.2, -0.15) is 0 Å². The van der Waals surface area contributed by atoms with E-state index in [1.54, 1.807) is 0 Å². The molecular weight excluding hydrogens is 248 g/mol. The number of aromatic carboxylic acids is 1. The smallest absolute Gasteiger partial charge is 0.337 e. The highest BCUT2D eigenvalue weighted by Crippen LogP contribution is 2.34. The predicted octanol–water partition coefficient (Wildman–Crippen LogP) is 2.89. The van der Waals surface area contributed by atoms with Crippen molar-refractivity contribution >= 4 is 17.3 Å². The van der Waals surface area contributed by atoms with Gasteiger partial charge in [-0.15, -0.1) is 0 Å². The second-order valence-corrected chi connectivity index (χ2v) is 5.02. The van der Waals surface area contributed by atoms with Crippen LogP contribution in [0, 0.1) is 16.0 Å². The van der Waals surface area contributed by atoms with Gasteiger partial charge in [-0.3, -0.25) is 10.1 Å². The molecule has 2 N–H and O–H groups in total. The maximum absolute atomic E-state index is 11.1. The molecule has 6 heteroatoms. The summed E-state index contributed by atoms with van der Waals surface area (Å²) in [6, 6.07) is 3.87. The van der Waals surface area contributed by atoms with E-state index in [0.717, 1.165) is 6.42 Å². The minimum Gasteiger partial charge on any atom is -0.478 e. The number of benzene rings is 1. The van der Waals surface area contributed by atoms with Gasteiger partial charge in [0.1, 0.15) is 0 Å². The molecule has 6 nitrogen and oxygen atoms in total. The molecule has 102 valence electrons. The summed E-state index contributed by atoms with van der Waals surface area (Å²) in [7, 11) is 0. The maximum atomic E-state index is 11.1. The third-order valence-corrected chi connectivity index (χ3v) is 3.23. The molecule has 2 rings (SSSR count). The number of carbonyl (C=O) groups is 1. The van der Waals surface area contributed by atoms with Gasteiger partial charge in [-0.25, -0.2) is 4.79 Å². The van der Waals surface area contributed by atoms with Gasteiger partial charge in [-0.1, -0.05) is 12.8 Å². The van der Waals surface area contributed by atoms with E-state index in [1.165, 1.54) is 31.0 Å². The number of anilines is 1. The summed E-state index contributed by atoms with van der Waals surface area (Å²) in [6.45, 7) is 1.96. The molecule has 1 aliphatic carbocycles. The van der Waals surface area contributed by atoms with Gasteiger partial charge in [0.25, 0.3) is 5.69 Å². The molecular formula is C13H16N2O4. The number of hydrogen-bond donors (Lipinski definition) is 2. The molecule has 0 spiro atoms. The van der Waals surface area contributed by atoms with Crippen molar-refractivity contribution in [3.05, 3.63) is 33.9 Å². The third kappa shape index (κ3) is 3.43. The predicted molar refractivity (Wildman–Crippen MR) is 70.5 cm³/mol. The highest BCUT2D eigenvalue weighted by Gasteiger charge is 2.24. The van der Waals surface area contributed by atoms with E-state index in [4.69, 9.17) is 5.11 Å². The first-order chi connectivity index (χ1) is 8.97. The Morgan fingerprint density at radius 3 is 2.79 bits per heavy atom. The lowest BCUT2D eigenvalue weighted by molar-refractivity contribution is -0.384. The fourth-order valence-corrected chi connectivity index (χ4v) is 2.13. The zero-order valence-electron chi connectivity index (χ0n) is 10.6. The monoisotopic (exact) mass is 264 g/mol. The summed E-state index contributed by atoms with van der Waals surface area (Å²) in [5, 5.41) is 22.9. The lowest BCUT2D eigenvalue weighted by atomic mass is 10.1. The fourth-order valence-electron chi connectivity index (χ4n) is 2.13. The number of carboxylic acid groups (broad SMARTS) is 1. The Kier molecular flexibility index (Phi) is 3.69. The Morgan fingerprint density at radius 1 is 1.58 bits per heavy atom. The molecule has 1 atom stereocenters. The van der Waals surface area contributed by atoms with E-state index in [0.29, 0.717) is 11.6 Å². The minimum atomic E-state index is -1.09. The molecule has 0 heterocycles. The second-order valence-electron chi connectivity index (χ2n) is 5.02. The molecule has 0 aliphatic heterocycles. The SMILES string of the molecule is CC(CC1CC1)Nc1cc([N+](=O)[O-])ccc1C(=O)O. The summed E-state index contributed by atoms with van der Waals surface area (Å²) in [5.74, 6) is -0.384. The normalized spacial score (nSPS) is 15.8. The number of nitrogens with zero attached hydrogens (tertiary/aromatic N) is 1. The van der Waals surface area contributed by atoms with E-state index in [9.17, 15) is 14.9 Å². The van der Waals surface area contributed by atoms with Gasteiger partial charge in [0.05, 0.1) is 16.2 Å². The first-order valence-corrected chi connectivity index (χ1v) is 6.25. The van der Waals surface area contributed by atoms with Crippen molar-refractivity contribution in [2.24, 2.45) is 5.92 Å². The highest BCUT2D eigenvalue weighted by atomic mass is 16.6. The molecule has 1 aromatic carbocycles. The molecule has 0 radical (unpaired) electrons. The van der Waals surface area contributed by atoms with Crippen molar-refractivity contribution < 1.29 is 14.8 Å². The molecule has 1 aromatic rings. The molecule has 0 amide bonds. The maximum Gasteiger partial charge on any atom is 0.337 e. The second kappa shape index (κ2) is 5.26. The van der Waals surface area contributed by atoms with Gasteiger partial charge in [0.2, 0.25) is 0 Å². The van der Waals surface area contributed by atoms with E-state index in [2.05, 4.69) is 5.32 Å². The van der Waals surface area contributed by atoms with Crippen LogP contribution in [0.1, 0.15) is 36.5 Å². The summed E-state index contributed by atoms with van der Waals surface area (Å²) in [4.78, 5) is 21.3. The van der Waals surface area contributed by atoms with Crippen LogP contribution in [-0.4, -0.2) is 22.0 Å². The number of carboxylic acids is 1. The number of hydrogen-bond acceptors (Lipinski definition) is 4. The van der Waals surface area contributed by atoms with Crippen LogP contribution in [0.25, 0.3) is 0 Å². The minimum absolute atomic E-state index is 0.0632. The van der Waals surface area contributed by atoms with Crippen LogP contribution in [0.15, 0.2) is 18.2 Å². The Labute approximate surface area is 110 Å². The zero-order valence-corrected chi connectivity index (χ0v) is 10.6. The lowest BCUT2D eigenvalue weighted by Crippen LogP contribution is -2.18. The average Bonchev–Trinajstić information content (AvgIpc) is 3.12. The molecule has 1 fully saturated rings. The topological polar surface area (TPSA) is 92.5 Å². The van der Waals surface area contributed by atoms with Crippen molar-refractivity contribution in [3.8, 4) is 0 Å². The molecule has 19 heavy (non-hydrogen) atoms. The molecule has 0 bridgehead atoms. The first-order valence-electron chi connectivity index (χ1n) is 6.25. The Balaban J connectivity index is 2.20. The van der Waals surface area contributed by atoms with Crippen molar-refractivity contribution in [1.82, 2.24) is 0 Å². The Hall–Kier alpha value is -2.11. The number of nitrogens with one attached hydrogen (secondary N) is 1. The Morgan fingerprint density at radius 2 is 2.26 bits per heavy atom. The zero-order chi connectivity index (χ0) is 14.0. The molecule has 1 aliphatic rings. The van der Waals surface area contributed by atoms with Crippen molar-refractivity contribution in [2.45, 2.75) is 32.2 Å². The van der Waals surface area contributed by atoms with Gasteiger partial charge < -0.3 is 10.4 Å². The summed E-state index contributed by atoms with van der Waals surface area (Å²) < 4.78 is 0. The van der Waals surface area contributed by atoms with Crippen molar-refractivity contribution in [1.29, 1.82) is 0 Å². The van der Waals surface area contributed by atoms with Gasteiger partial charge in [-0.05, 0) is 25.3 Å². The van der Waals surface area contributed by atoms with E-state index in [1.807, 2.05) is 6.92 Å². The number of non-ortho nitro benzene ring substituents is 1. The molecule has 0 aromatic heterocycles. The van der Waals surface area contributed by atoms with Gasteiger partial charge in [0.15, 0.2) is 0 Å². The summed E-state index contributed by atoms with van der Waals surface area (Å²) in [6.07, 6.45) is 3.39. The van der Waals surface area contributed by atoms with Crippen LogP contribution in [0.2, 0.25) is 0 Å². The summed E-state index contributed by atoms with van der Waals surface area (Å²) >= 11 is 0. The van der Waals surface area contributed by atoms with Crippen LogP contribution >= 0.6 is 0 Å². The number of nitro benzene ring substituents is 1. The number of nitro groups is 1. The summed E-state index contributed by atoms with van der Waals surface area (Å²) in [5.41, 5.74) is 0.272. The van der Waals surface area contributed by atoms with Crippen LogP contribution in [0.3, 0.4) is 0 Å². The van der Waals surface area contributed by atoms with Crippen LogP contribution in [-0.2, 0) is 0 Å². The van der Waals surface area contributed by atoms with Crippen molar-refractivity contribution in [2.75, 3.05) is 5.32 Å². The van der Waals surface area contributed by atoms with Crippen LogP contribution in [0.4, 0.5) is 11.4 Å². The molecule has 1 unspecified atom stereocenters. The van der Waals surface area contributed by atoms with Crippen LogP contribution in [0.5, 0.6) is 0 Å². The molecule has 0 saturated heterocycles. The third-order valence-electron chi connectivity index (χ3n) is 3.23. The number of rotatable bonds is 6. The van der Waals surface area contributed by atoms with E-state index < -0.39 is 10.9 Å². The first kappa shape index (κ1) is 13.3. The standard InChI is InChI=1S/C13H16N2O4/c1-8(6-9-2-3-9)14-12-7-10(15(18)19)4-5-11(12)13(16)17/h4-5,7-9,14H,2-3,6H2,1H3,(H,16,17). The largest absolute Gasteiger partial charge is 0.478 e. The van der Waals surface area contributed by atoms with E-state index >= 15 is 0 Å². The highest BCUT2D eigenvalue weighted by molar-refractivity contribution is 5.94.